The fraction of sp³-hybridized carbons (Fsp3) is 0.200. The Hall–Kier alpha value is -2.44. The van der Waals surface area contributed by atoms with E-state index < -0.39 is 0 Å². The van der Waals surface area contributed by atoms with E-state index in [1.165, 1.54) is 0 Å². The summed E-state index contributed by atoms with van der Waals surface area (Å²) in [5.41, 5.74) is 6.43. The lowest BCUT2D eigenvalue weighted by molar-refractivity contribution is 0.174. The second-order valence-electron chi connectivity index (χ2n) is 3.63. The van der Waals surface area contributed by atoms with E-state index in [1.807, 2.05) is 18.2 Å². The largest absolute Gasteiger partial charge is 0.454 e. The van der Waals surface area contributed by atoms with E-state index in [1.54, 1.807) is 11.6 Å². The van der Waals surface area contributed by atoms with Gasteiger partial charge in [-0.25, -0.2) is 0 Å². The summed E-state index contributed by atoms with van der Waals surface area (Å²) in [6, 6.07) is 5.55. The number of rotatable bonds is 2. The van der Waals surface area contributed by atoms with Crippen molar-refractivity contribution in [3.63, 3.8) is 0 Å². The number of anilines is 3. The van der Waals surface area contributed by atoms with Crippen LogP contribution >= 0.6 is 0 Å². The second kappa shape index (κ2) is 3.55. The lowest BCUT2D eigenvalue weighted by Gasteiger charge is -2.06. The molecule has 0 saturated heterocycles. The van der Waals surface area contributed by atoms with Gasteiger partial charge in [-0.15, -0.1) is 10.2 Å². The van der Waals surface area contributed by atoms with Gasteiger partial charge in [-0.1, -0.05) is 0 Å². The van der Waals surface area contributed by atoms with Gasteiger partial charge in [0.25, 0.3) is 0 Å². The summed E-state index contributed by atoms with van der Waals surface area (Å²) >= 11 is 0. The summed E-state index contributed by atoms with van der Waals surface area (Å²) in [5.74, 6) is 2.38. The number of hydrogen-bond acceptors (Lipinski definition) is 6. The third kappa shape index (κ3) is 1.61. The Bertz CT molecular complexity index is 566. The van der Waals surface area contributed by atoms with Crippen LogP contribution in [0.5, 0.6) is 11.5 Å². The lowest BCUT2D eigenvalue weighted by atomic mass is 10.3. The summed E-state index contributed by atoms with van der Waals surface area (Å²) in [4.78, 5) is 0. The van der Waals surface area contributed by atoms with Crippen molar-refractivity contribution in [2.45, 2.75) is 0 Å². The highest BCUT2D eigenvalue weighted by molar-refractivity contribution is 5.60. The number of hydrogen-bond donors (Lipinski definition) is 2. The first-order valence-corrected chi connectivity index (χ1v) is 5.05. The number of nitrogen functional groups attached to an aromatic ring is 1. The number of ether oxygens (including phenoxy) is 2. The number of nitrogens with zero attached hydrogens (tertiary/aromatic N) is 3. The van der Waals surface area contributed by atoms with Crippen LogP contribution in [0, 0.1) is 0 Å². The van der Waals surface area contributed by atoms with Gasteiger partial charge in [-0.3, -0.25) is 4.57 Å². The zero-order valence-corrected chi connectivity index (χ0v) is 9.17. The van der Waals surface area contributed by atoms with E-state index in [4.69, 9.17) is 15.2 Å². The highest BCUT2D eigenvalue weighted by atomic mass is 16.7. The second-order valence-corrected chi connectivity index (χ2v) is 3.63. The highest BCUT2D eigenvalue weighted by Crippen LogP contribution is 2.34. The van der Waals surface area contributed by atoms with Gasteiger partial charge in [0.2, 0.25) is 18.7 Å². The fourth-order valence-electron chi connectivity index (χ4n) is 1.55. The molecule has 0 aliphatic carbocycles. The number of nitrogens with one attached hydrogen (secondary N) is 1. The summed E-state index contributed by atoms with van der Waals surface area (Å²) in [7, 11) is 1.78. The average molecular weight is 233 g/mol. The van der Waals surface area contributed by atoms with Crippen molar-refractivity contribution in [2.75, 3.05) is 17.8 Å². The third-order valence-electron chi connectivity index (χ3n) is 2.54. The number of nitrogens with two attached hydrogens (primary N) is 1. The Balaban J connectivity index is 1.88. The molecule has 1 aromatic carbocycles. The summed E-state index contributed by atoms with van der Waals surface area (Å²) in [6.45, 7) is 0.260. The van der Waals surface area contributed by atoms with Crippen molar-refractivity contribution in [3.8, 4) is 11.5 Å². The number of benzene rings is 1. The van der Waals surface area contributed by atoms with Gasteiger partial charge in [-0.05, 0) is 12.1 Å². The summed E-state index contributed by atoms with van der Waals surface area (Å²) in [6.07, 6.45) is 0. The van der Waals surface area contributed by atoms with E-state index in [-0.39, 0.29) is 6.79 Å². The van der Waals surface area contributed by atoms with Crippen LogP contribution in [0.4, 0.5) is 17.6 Å². The van der Waals surface area contributed by atoms with Crippen molar-refractivity contribution >= 4 is 17.6 Å². The molecule has 0 unspecified atom stereocenters. The molecule has 3 rings (SSSR count). The maximum Gasteiger partial charge on any atom is 0.231 e. The van der Waals surface area contributed by atoms with Gasteiger partial charge < -0.3 is 20.5 Å². The Morgan fingerprint density at radius 2 is 2.12 bits per heavy atom. The lowest BCUT2D eigenvalue weighted by Crippen LogP contribution is -2.02. The quantitative estimate of drug-likeness (QED) is 0.800. The van der Waals surface area contributed by atoms with Gasteiger partial charge in [0.05, 0.1) is 0 Å². The van der Waals surface area contributed by atoms with Crippen molar-refractivity contribution in [2.24, 2.45) is 7.05 Å². The molecule has 17 heavy (non-hydrogen) atoms. The van der Waals surface area contributed by atoms with Gasteiger partial charge >= 0.3 is 0 Å². The summed E-state index contributed by atoms with van der Waals surface area (Å²) < 4.78 is 12.2. The van der Waals surface area contributed by atoms with Crippen LogP contribution in [0.2, 0.25) is 0 Å². The fourth-order valence-corrected chi connectivity index (χ4v) is 1.55. The Morgan fingerprint density at radius 1 is 1.29 bits per heavy atom. The SMILES string of the molecule is Cn1c(N)nnc1Nc1ccc2c(c1)OCO2. The molecule has 2 aromatic rings. The molecule has 3 N–H and O–H groups in total. The highest BCUT2D eigenvalue weighted by Gasteiger charge is 2.14. The first-order chi connectivity index (χ1) is 8.24. The van der Waals surface area contributed by atoms with Crippen LogP contribution in [0.1, 0.15) is 0 Å². The maximum atomic E-state index is 5.59. The molecular weight excluding hydrogens is 222 g/mol. The molecule has 0 spiro atoms. The molecule has 88 valence electrons. The van der Waals surface area contributed by atoms with Crippen LogP contribution in [0.15, 0.2) is 18.2 Å². The van der Waals surface area contributed by atoms with E-state index in [0.29, 0.717) is 17.6 Å². The zero-order chi connectivity index (χ0) is 11.8. The molecule has 1 aliphatic heterocycles. The Labute approximate surface area is 97.2 Å². The van der Waals surface area contributed by atoms with Crippen molar-refractivity contribution in [1.82, 2.24) is 14.8 Å². The minimum atomic E-state index is 0.260. The van der Waals surface area contributed by atoms with Crippen molar-refractivity contribution < 1.29 is 9.47 Å². The number of aromatic nitrogens is 3. The van der Waals surface area contributed by atoms with E-state index in [9.17, 15) is 0 Å². The predicted octanol–water partition coefficient (Wildman–Crippen LogP) is 0.870. The summed E-state index contributed by atoms with van der Waals surface area (Å²) in [5, 5.41) is 10.8. The molecule has 0 saturated carbocycles. The van der Waals surface area contributed by atoms with Crippen molar-refractivity contribution in [1.29, 1.82) is 0 Å². The first kappa shape index (κ1) is 9.76. The van der Waals surface area contributed by atoms with Crippen LogP contribution in [0.3, 0.4) is 0 Å². The molecule has 1 aliphatic rings. The van der Waals surface area contributed by atoms with Crippen LogP contribution in [-0.2, 0) is 7.05 Å². The van der Waals surface area contributed by atoms with E-state index >= 15 is 0 Å². The van der Waals surface area contributed by atoms with Gasteiger partial charge in [0.15, 0.2) is 11.5 Å². The molecule has 0 radical (unpaired) electrons. The number of fused-ring (bicyclic) bond motifs is 1. The monoisotopic (exact) mass is 233 g/mol. The molecular formula is C10H11N5O2. The Kier molecular flexibility index (Phi) is 2.04. The minimum Gasteiger partial charge on any atom is -0.454 e. The maximum absolute atomic E-state index is 5.59. The third-order valence-corrected chi connectivity index (χ3v) is 2.54. The Morgan fingerprint density at radius 3 is 2.88 bits per heavy atom. The molecule has 0 fully saturated rings. The minimum absolute atomic E-state index is 0.260. The predicted molar refractivity (Wildman–Crippen MR) is 61.3 cm³/mol. The average Bonchev–Trinajstić information content (AvgIpc) is 2.90. The normalized spacial score (nSPS) is 12.8. The molecule has 7 nitrogen and oxygen atoms in total. The van der Waals surface area contributed by atoms with Gasteiger partial charge in [-0.2, -0.15) is 0 Å². The molecule has 2 heterocycles. The van der Waals surface area contributed by atoms with E-state index in [0.717, 1.165) is 11.4 Å². The molecule has 0 bridgehead atoms. The topological polar surface area (TPSA) is 87.2 Å². The molecule has 1 aromatic heterocycles. The standard InChI is InChI=1S/C10H11N5O2/c1-15-9(11)13-14-10(15)12-6-2-3-7-8(4-6)17-5-16-7/h2-4H,5H2,1H3,(H2,11,13)(H,12,14). The van der Waals surface area contributed by atoms with Crippen LogP contribution in [-0.4, -0.2) is 21.6 Å². The molecule has 7 heteroatoms. The van der Waals surface area contributed by atoms with Gasteiger partial charge in [0, 0.05) is 18.8 Å². The van der Waals surface area contributed by atoms with Crippen LogP contribution < -0.4 is 20.5 Å². The van der Waals surface area contributed by atoms with Crippen LogP contribution in [0.25, 0.3) is 0 Å². The molecule has 0 atom stereocenters. The van der Waals surface area contributed by atoms with Gasteiger partial charge in [0.1, 0.15) is 0 Å². The molecule has 0 amide bonds. The van der Waals surface area contributed by atoms with E-state index in [2.05, 4.69) is 15.5 Å². The zero-order valence-electron chi connectivity index (χ0n) is 9.17. The van der Waals surface area contributed by atoms with Crippen molar-refractivity contribution in [3.05, 3.63) is 18.2 Å². The first-order valence-electron chi connectivity index (χ1n) is 5.05. The smallest absolute Gasteiger partial charge is 0.231 e.